The van der Waals surface area contributed by atoms with Crippen molar-refractivity contribution in [2.45, 2.75) is 351 Å². The van der Waals surface area contributed by atoms with E-state index in [9.17, 15) is 45.3 Å². The van der Waals surface area contributed by atoms with Crippen molar-refractivity contribution in [1.29, 1.82) is 0 Å². The second-order valence-corrected chi connectivity index (χ2v) is 22.6. The van der Waals surface area contributed by atoms with Gasteiger partial charge in [-0.05, 0) is 12.8 Å². The molecule has 2 fully saturated rings. The first kappa shape index (κ1) is 70.6. The fraction of sp³-hybridized carbons (Fsp3) is 0.967. The van der Waals surface area contributed by atoms with Crippen molar-refractivity contribution in [2.75, 3.05) is 26.4 Å². The van der Waals surface area contributed by atoms with Crippen LogP contribution in [0, 0.1) is 0 Å². The van der Waals surface area contributed by atoms with Gasteiger partial charge in [-0.1, -0.05) is 258 Å². The molecule has 0 radical (unpaired) electrons. The summed E-state index contributed by atoms with van der Waals surface area (Å²) in [7, 11) is 0. The molecule has 0 aromatic heterocycles. The van der Waals surface area contributed by atoms with Crippen molar-refractivity contribution >= 4 is 11.9 Å². The Kier molecular flexibility index (Phi) is 44.8. The van der Waals surface area contributed by atoms with E-state index in [1.807, 2.05) is 0 Å². The maximum atomic E-state index is 13.1. The number of aliphatic hydroxyl groups is 7. The van der Waals surface area contributed by atoms with Gasteiger partial charge < -0.3 is 64.2 Å². The molecule has 0 spiro atoms. The van der Waals surface area contributed by atoms with Crippen LogP contribution in [0.2, 0.25) is 0 Å². The van der Waals surface area contributed by atoms with E-state index in [4.69, 9.17) is 28.4 Å². The SMILES string of the molecule is CCCCCCCCCCCCCCCCCCCCCCCCCCC(=O)OC(COC(=O)CCCCCCCCCCCCCCCCCC)COC1OC(COC2OC(CO)C(O)C(O)C2O)C(O)C(O)C1O. The maximum absolute atomic E-state index is 13.1. The van der Waals surface area contributed by atoms with Gasteiger partial charge in [0.1, 0.15) is 55.4 Å². The zero-order chi connectivity index (χ0) is 55.3. The number of esters is 2. The lowest BCUT2D eigenvalue weighted by Gasteiger charge is -2.42. The third-order valence-electron chi connectivity index (χ3n) is 15.6. The predicted molar refractivity (Wildman–Crippen MR) is 298 cm³/mol. The molecule has 2 saturated heterocycles. The van der Waals surface area contributed by atoms with Crippen molar-refractivity contribution in [2.24, 2.45) is 0 Å². The van der Waals surface area contributed by atoms with Crippen LogP contribution in [0.5, 0.6) is 0 Å². The van der Waals surface area contributed by atoms with E-state index in [0.29, 0.717) is 12.8 Å². The van der Waals surface area contributed by atoms with E-state index in [1.165, 1.54) is 205 Å². The lowest BCUT2D eigenvalue weighted by molar-refractivity contribution is -0.332. The standard InChI is InChI=1S/C61H116O15/c1-3-5-7-9-11-13-15-17-19-21-22-23-24-25-26-27-28-30-32-34-36-38-40-42-44-53(64)74-49(46-71-52(63)43-41-39-37-35-33-31-29-20-18-16-14-12-10-8-6-4-2)47-72-60-59(70)57(68)55(66)51(76-60)48-73-61-58(69)56(67)54(65)50(45-62)75-61/h49-51,54-62,65-70H,3-48H2,1-2H3. The Bertz CT molecular complexity index is 1320. The normalized spacial score (nSPS) is 24.2. The zero-order valence-corrected chi connectivity index (χ0v) is 48.3. The van der Waals surface area contributed by atoms with Crippen LogP contribution in [0.15, 0.2) is 0 Å². The molecule has 11 unspecified atom stereocenters. The summed E-state index contributed by atoms with van der Waals surface area (Å²) in [5.41, 5.74) is 0. The lowest BCUT2D eigenvalue weighted by Crippen LogP contribution is -2.61. The molecule has 0 saturated carbocycles. The minimum Gasteiger partial charge on any atom is -0.462 e. The molecule has 0 aromatic rings. The summed E-state index contributed by atoms with van der Waals surface area (Å²) in [5, 5.41) is 72.4. The number of hydrogen-bond acceptors (Lipinski definition) is 15. The van der Waals surface area contributed by atoms with Crippen LogP contribution in [0.3, 0.4) is 0 Å². The molecule has 76 heavy (non-hydrogen) atoms. The number of carbonyl (C=O) groups is 2. The molecule has 0 aromatic carbocycles. The molecule has 0 bridgehead atoms. The highest BCUT2D eigenvalue weighted by molar-refractivity contribution is 5.70. The predicted octanol–water partition coefficient (Wildman–Crippen LogP) is 11.5. The summed E-state index contributed by atoms with van der Waals surface area (Å²) in [6.07, 6.45) is 34.1. The van der Waals surface area contributed by atoms with Crippen LogP contribution in [-0.2, 0) is 38.0 Å². The van der Waals surface area contributed by atoms with Gasteiger partial charge in [-0.25, -0.2) is 0 Å². The molecule has 15 nitrogen and oxygen atoms in total. The van der Waals surface area contributed by atoms with Crippen molar-refractivity contribution in [1.82, 2.24) is 0 Å². The summed E-state index contributed by atoms with van der Waals surface area (Å²) in [6.45, 7) is 2.67. The average Bonchev–Trinajstić information content (AvgIpc) is 3.41. The number of carbonyl (C=O) groups excluding carboxylic acids is 2. The van der Waals surface area contributed by atoms with Gasteiger partial charge in [-0.3, -0.25) is 9.59 Å². The van der Waals surface area contributed by atoms with Crippen LogP contribution < -0.4 is 0 Å². The first-order valence-electron chi connectivity index (χ1n) is 31.6. The molecule has 2 heterocycles. The van der Waals surface area contributed by atoms with Gasteiger partial charge in [0.05, 0.1) is 19.8 Å². The van der Waals surface area contributed by atoms with E-state index in [1.54, 1.807) is 0 Å². The van der Waals surface area contributed by atoms with Crippen LogP contribution in [-0.4, -0.2) is 142 Å². The minimum atomic E-state index is -1.76. The zero-order valence-electron chi connectivity index (χ0n) is 48.3. The molecule has 11 atom stereocenters. The molecule has 2 rings (SSSR count). The van der Waals surface area contributed by atoms with Gasteiger partial charge in [0.25, 0.3) is 0 Å². The highest BCUT2D eigenvalue weighted by Gasteiger charge is 2.47. The molecule has 450 valence electrons. The third-order valence-corrected chi connectivity index (χ3v) is 15.6. The summed E-state index contributed by atoms with van der Waals surface area (Å²) < 4.78 is 33.8. The highest BCUT2D eigenvalue weighted by Crippen LogP contribution is 2.27. The fourth-order valence-corrected chi connectivity index (χ4v) is 10.5. The van der Waals surface area contributed by atoms with Crippen LogP contribution in [0.25, 0.3) is 0 Å². The van der Waals surface area contributed by atoms with E-state index < -0.39 is 92.7 Å². The monoisotopic (exact) mass is 1090 g/mol. The number of hydrogen-bond donors (Lipinski definition) is 7. The Balaban J connectivity index is 1.69. The first-order chi connectivity index (χ1) is 37.0. The van der Waals surface area contributed by atoms with Gasteiger partial charge in [0.15, 0.2) is 18.7 Å². The second-order valence-electron chi connectivity index (χ2n) is 22.6. The van der Waals surface area contributed by atoms with E-state index in [0.717, 1.165) is 38.5 Å². The minimum absolute atomic E-state index is 0.174. The van der Waals surface area contributed by atoms with Crippen molar-refractivity contribution in [3.05, 3.63) is 0 Å². The average molecular weight is 1090 g/mol. The van der Waals surface area contributed by atoms with Crippen molar-refractivity contribution < 1.29 is 73.8 Å². The molecular formula is C61H116O15. The number of rotatable bonds is 52. The summed E-state index contributed by atoms with van der Waals surface area (Å²) >= 11 is 0. The van der Waals surface area contributed by atoms with Gasteiger partial charge in [0, 0.05) is 12.8 Å². The van der Waals surface area contributed by atoms with Gasteiger partial charge in [-0.2, -0.15) is 0 Å². The van der Waals surface area contributed by atoms with Crippen LogP contribution in [0.4, 0.5) is 0 Å². The molecule has 0 amide bonds. The Labute approximate surface area is 461 Å². The number of aliphatic hydroxyl groups excluding tert-OH is 7. The van der Waals surface area contributed by atoms with E-state index in [2.05, 4.69) is 13.8 Å². The third kappa shape index (κ3) is 34.6. The Morgan fingerprint density at radius 2 is 0.671 bits per heavy atom. The summed E-state index contributed by atoms with van der Waals surface area (Å²) in [6, 6.07) is 0. The maximum Gasteiger partial charge on any atom is 0.306 e. The number of ether oxygens (including phenoxy) is 6. The topological polar surface area (TPSA) is 231 Å². The van der Waals surface area contributed by atoms with Gasteiger partial charge >= 0.3 is 11.9 Å². The number of unbranched alkanes of at least 4 members (excludes halogenated alkanes) is 38. The largest absolute Gasteiger partial charge is 0.462 e. The first-order valence-corrected chi connectivity index (χ1v) is 31.6. The van der Waals surface area contributed by atoms with Gasteiger partial charge in [0.2, 0.25) is 0 Å². The van der Waals surface area contributed by atoms with E-state index >= 15 is 0 Å². The van der Waals surface area contributed by atoms with Crippen molar-refractivity contribution in [3.63, 3.8) is 0 Å². The van der Waals surface area contributed by atoms with Crippen molar-refractivity contribution in [3.8, 4) is 0 Å². The Morgan fingerprint density at radius 1 is 0.368 bits per heavy atom. The fourth-order valence-electron chi connectivity index (χ4n) is 10.5. The van der Waals surface area contributed by atoms with Gasteiger partial charge in [-0.15, -0.1) is 0 Å². The summed E-state index contributed by atoms with van der Waals surface area (Å²) in [5.74, 6) is -0.901. The smallest absolute Gasteiger partial charge is 0.306 e. The Hall–Kier alpha value is -1.50. The highest BCUT2D eigenvalue weighted by atomic mass is 16.7. The second kappa shape index (κ2) is 48.2. The molecule has 2 aliphatic heterocycles. The van der Waals surface area contributed by atoms with Crippen LogP contribution >= 0.6 is 0 Å². The molecule has 15 heteroatoms. The molecule has 2 aliphatic rings. The van der Waals surface area contributed by atoms with Crippen LogP contribution in [0.1, 0.15) is 284 Å². The molecular weight excluding hydrogens is 973 g/mol. The molecule has 0 aliphatic carbocycles. The summed E-state index contributed by atoms with van der Waals surface area (Å²) in [4.78, 5) is 25.9. The Morgan fingerprint density at radius 3 is 1.03 bits per heavy atom. The van der Waals surface area contributed by atoms with E-state index in [-0.39, 0.29) is 26.1 Å². The quantitative estimate of drug-likeness (QED) is 0.0222. The molecule has 7 N–H and O–H groups in total. The lowest BCUT2D eigenvalue weighted by atomic mass is 9.98.